The van der Waals surface area contributed by atoms with Crippen LogP contribution < -0.4 is 0 Å². The Morgan fingerprint density at radius 3 is 2.83 bits per heavy atom. The van der Waals surface area contributed by atoms with Crippen molar-refractivity contribution in [1.29, 1.82) is 0 Å². The van der Waals surface area contributed by atoms with E-state index in [1.165, 1.54) is 11.8 Å². The smallest absolute Gasteiger partial charge is 0.304 e. The number of carboxylic acid groups (broad SMARTS) is 1. The molecule has 0 amide bonds. The van der Waals surface area contributed by atoms with E-state index in [9.17, 15) is 4.79 Å². The van der Waals surface area contributed by atoms with Crippen LogP contribution in [0.1, 0.15) is 6.42 Å². The summed E-state index contributed by atoms with van der Waals surface area (Å²) in [6.07, 6.45) is 3.44. The molecule has 6 nitrogen and oxygen atoms in total. The molecule has 0 saturated carbocycles. The molecule has 1 aromatic carbocycles. The number of aliphatic carboxylic acids is 1. The van der Waals surface area contributed by atoms with Crippen molar-refractivity contribution in [3.8, 4) is 17.1 Å². The molecule has 1 N–H and O–H groups in total. The van der Waals surface area contributed by atoms with Crippen LogP contribution in [-0.4, -0.2) is 36.6 Å². The summed E-state index contributed by atoms with van der Waals surface area (Å²) in [5.41, 5.74) is 1.62. The summed E-state index contributed by atoms with van der Waals surface area (Å²) >= 11 is 7.44. The largest absolute Gasteiger partial charge is 0.481 e. The van der Waals surface area contributed by atoms with Crippen LogP contribution in [0, 0.1) is 0 Å². The predicted molar refractivity (Wildman–Crippen MR) is 92.6 cm³/mol. The van der Waals surface area contributed by atoms with Crippen LogP contribution in [0.25, 0.3) is 17.1 Å². The Balaban J connectivity index is 2.04. The van der Waals surface area contributed by atoms with Gasteiger partial charge in [-0.2, -0.15) is 0 Å². The van der Waals surface area contributed by atoms with Crippen molar-refractivity contribution in [3.63, 3.8) is 0 Å². The third kappa shape index (κ3) is 3.74. The zero-order valence-electron chi connectivity index (χ0n) is 12.5. The molecular weight excluding hydrogens is 348 g/mol. The lowest BCUT2D eigenvalue weighted by Gasteiger charge is -2.10. The second-order valence-electron chi connectivity index (χ2n) is 4.86. The van der Waals surface area contributed by atoms with E-state index < -0.39 is 5.97 Å². The van der Waals surface area contributed by atoms with Gasteiger partial charge in [0.15, 0.2) is 11.0 Å². The molecule has 24 heavy (non-hydrogen) atoms. The van der Waals surface area contributed by atoms with E-state index in [1.54, 1.807) is 18.5 Å². The summed E-state index contributed by atoms with van der Waals surface area (Å²) in [5, 5.41) is 18.5. The van der Waals surface area contributed by atoms with Crippen LogP contribution in [0.2, 0.25) is 5.02 Å². The zero-order chi connectivity index (χ0) is 16.9. The minimum atomic E-state index is -0.844. The standard InChI is InChI=1S/C16H13ClN4O2S/c17-12-4-1-5-13(9-12)21-15(11-3-2-7-18-10-11)19-20-16(21)24-8-6-14(22)23/h1-5,7,9-10H,6,8H2,(H,22,23). The van der Waals surface area contributed by atoms with E-state index >= 15 is 0 Å². The SMILES string of the molecule is O=C(O)CCSc1nnc(-c2cccnc2)n1-c1cccc(Cl)c1. The highest BCUT2D eigenvalue weighted by molar-refractivity contribution is 7.99. The first-order valence-electron chi connectivity index (χ1n) is 7.11. The molecule has 0 spiro atoms. The van der Waals surface area contributed by atoms with Crippen molar-refractivity contribution in [2.75, 3.05) is 5.75 Å². The van der Waals surface area contributed by atoms with Gasteiger partial charge in [0.05, 0.1) is 12.1 Å². The number of thioether (sulfide) groups is 1. The Kier molecular flexibility index (Phi) is 5.12. The van der Waals surface area contributed by atoms with E-state index in [0.29, 0.717) is 21.8 Å². The molecule has 0 unspecified atom stereocenters. The van der Waals surface area contributed by atoms with Crippen molar-refractivity contribution in [3.05, 3.63) is 53.8 Å². The molecule has 3 aromatic rings. The average Bonchev–Trinajstić information content (AvgIpc) is 2.99. The Bertz CT molecular complexity index is 854. The van der Waals surface area contributed by atoms with Gasteiger partial charge in [-0.15, -0.1) is 10.2 Å². The van der Waals surface area contributed by atoms with Gasteiger partial charge >= 0.3 is 5.97 Å². The quantitative estimate of drug-likeness (QED) is 0.677. The van der Waals surface area contributed by atoms with Gasteiger partial charge in [-0.1, -0.05) is 29.4 Å². The van der Waals surface area contributed by atoms with E-state index in [0.717, 1.165) is 11.3 Å². The van der Waals surface area contributed by atoms with E-state index in [-0.39, 0.29) is 6.42 Å². The van der Waals surface area contributed by atoms with Crippen LogP contribution >= 0.6 is 23.4 Å². The van der Waals surface area contributed by atoms with E-state index in [2.05, 4.69) is 15.2 Å². The van der Waals surface area contributed by atoms with Crippen molar-refractivity contribution in [2.45, 2.75) is 11.6 Å². The Morgan fingerprint density at radius 2 is 2.12 bits per heavy atom. The molecule has 0 saturated heterocycles. The van der Waals surface area contributed by atoms with Crippen molar-refractivity contribution >= 4 is 29.3 Å². The molecule has 0 aliphatic carbocycles. The highest BCUT2D eigenvalue weighted by Gasteiger charge is 2.16. The number of nitrogens with zero attached hydrogens (tertiary/aromatic N) is 4. The van der Waals surface area contributed by atoms with Gasteiger partial charge in [0, 0.05) is 28.7 Å². The predicted octanol–water partition coefficient (Wildman–Crippen LogP) is 3.55. The summed E-state index contributed by atoms with van der Waals surface area (Å²) in [6.45, 7) is 0. The molecule has 0 fully saturated rings. The summed E-state index contributed by atoms with van der Waals surface area (Å²) in [5.74, 6) is 0.188. The normalized spacial score (nSPS) is 10.7. The number of hydrogen-bond acceptors (Lipinski definition) is 5. The van der Waals surface area contributed by atoms with Crippen LogP contribution in [0.3, 0.4) is 0 Å². The fraction of sp³-hybridized carbons (Fsp3) is 0.125. The Labute approximate surface area is 147 Å². The van der Waals surface area contributed by atoms with Gasteiger partial charge in [0.25, 0.3) is 0 Å². The highest BCUT2D eigenvalue weighted by Crippen LogP contribution is 2.28. The molecule has 8 heteroatoms. The van der Waals surface area contributed by atoms with Gasteiger partial charge in [0.2, 0.25) is 0 Å². The van der Waals surface area contributed by atoms with Crippen LogP contribution in [0.5, 0.6) is 0 Å². The second-order valence-corrected chi connectivity index (χ2v) is 6.35. The lowest BCUT2D eigenvalue weighted by molar-refractivity contribution is -0.136. The van der Waals surface area contributed by atoms with E-state index in [1.807, 2.05) is 34.9 Å². The van der Waals surface area contributed by atoms with Crippen molar-refractivity contribution < 1.29 is 9.90 Å². The van der Waals surface area contributed by atoms with Gasteiger partial charge < -0.3 is 5.11 Å². The first-order valence-corrected chi connectivity index (χ1v) is 8.48. The fourth-order valence-corrected chi connectivity index (χ4v) is 3.19. The molecule has 0 bridgehead atoms. The first-order chi connectivity index (χ1) is 11.6. The average molecular weight is 361 g/mol. The van der Waals surface area contributed by atoms with Gasteiger partial charge in [-0.25, -0.2) is 0 Å². The monoisotopic (exact) mass is 360 g/mol. The van der Waals surface area contributed by atoms with Gasteiger partial charge in [-0.05, 0) is 30.3 Å². The van der Waals surface area contributed by atoms with Crippen molar-refractivity contribution in [1.82, 2.24) is 19.7 Å². The number of aromatic nitrogens is 4. The zero-order valence-corrected chi connectivity index (χ0v) is 14.0. The third-order valence-electron chi connectivity index (χ3n) is 3.17. The minimum absolute atomic E-state index is 0.0509. The number of pyridine rings is 1. The maximum absolute atomic E-state index is 10.7. The van der Waals surface area contributed by atoms with Gasteiger partial charge in [0.1, 0.15) is 0 Å². The number of halogens is 1. The fourth-order valence-electron chi connectivity index (χ4n) is 2.12. The number of carbonyl (C=O) groups is 1. The maximum atomic E-state index is 10.7. The number of rotatable bonds is 6. The van der Waals surface area contributed by atoms with Crippen molar-refractivity contribution in [2.24, 2.45) is 0 Å². The van der Waals surface area contributed by atoms with Gasteiger partial charge in [-0.3, -0.25) is 14.3 Å². The molecule has 2 aromatic heterocycles. The second kappa shape index (κ2) is 7.46. The number of hydrogen-bond donors (Lipinski definition) is 1. The minimum Gasteiger partial charge on any atom is -0.481 e. The summed E-state index contributed by atoms with van der Waals surface area (Å²) in [6, 6.07) is 11.1. The molecule has 0 atom stereocenters. The van der Waals surface area contributed by atoms with E-state index in [4.69, 9.17) is 16.7 Å². The third-order valence-corrected chi connectivity index (χ3v) is 4.33. The number of benzene rings is 1. The molecular formula is C16H13ClN4O2S. The lowest BCUT2D eigenvalue weighted by Crippen LogP contribution is -2.01. The summed E-state index contributed by atoms with van der Waals surface area (Å²) in [7, 11) is 0. The van der Waals surface area contributed by atoms with Crippen LogP contribution in [0.15, 0.2) is 53.9 Å². The topological polar surface area (TPSA) is 80.9 Å². The highest BCUT2D eigenvalue weighted by atomic mass is 35.5. The Hall–Kier alpha value is -2.38. The molecule has 122 valence electrons. The lowest BCUT2D eigenvalue weighted by atomic mass is 10.2. The van der Waals surface area contributed by atoms with Crippen LogP contribution in [0.4, 0.5) is 0 Å². The first kappa shape index (κ1) is 16.5. The summed E-state index contributed by atoms with van der Waals surface area (Å²) < 4.78 is 1.86. The number of carboxylic acids is 1. The molecule has 0 radical (unpaired) electrons. The summed E-state index contributed by atoms with van der Waals surface area (Å²) in [4.78, 5) is 14.9. The van der Waals surface area contributed by atoms with Crippen LogP contribution in [-0.2, 0) is 4.79 Å². The molecule has 3 rings (SSSR count). The molecule has 2 heterocycles. The molecule has 0 aliphatic heterocycles. The maximum Gasteiger partial charge on any atom is 0.304 e. The molecule has 0 aliphatic rings. The Morgan fingerprint density at radius 1 is 1.25 bits per heavy atom.